The highest BCUT2D eigenvalue weighted by molar-refractivity contribution is 5.37. The molecule has 0 fully saturated rings. The summed E-state index contributed by atoms with van der Waals surface area (Å²) in [5.41, 5.74) is 1.23. The third-order valence-electron chi connectivity index (χ3n) is 2.81. The standard InChI is InChI=1S/C14H22N4/c1-4-16-14-10-13(6-8-17-14)11-18(12(2)3)9-5-7-15/h6,8,10,12H,4-5,9,11H2,1-3H3,(H,16,17). The van der Waals surface area contributed by atoms with Gasteiger partial charge in [0.05, 0.1) is 6.07 Å². The summed E-state index contributed by atoms with van der Waals surface area (Å²) in [6, 6.07) is 6.75. The monoisotopic (exact) mass is 246 g/mol. The molecule has 1 aromatic heterocycles. The largest absolute Gasteiger partial charge is 0.370 e. The van der Waals surface area contributed by atoms with Crippen LogP contribution in [0.3, 0.4) is 0 Å². The lowest BCUT2D eigenvalue weighted by Crippen LogP contribution is -2.31. The predicted molar refractivity (Wildman–Crippen MR) is 74.2 cm³/mol. The zero-order valence-corrected chi connectivity index (χ0v) is 11.5. The van der Waals surface area contributed by atoms with Crippen LogP contribution in [0.4, 0.5) is 5.82 Å². The van der Waals surface area contributed by atoms with Crippen molar-refractivity contribution in [3.05, 3.63) is 23.9 Å². The smallest absolute Gasteiger partial charge is 0.126 e. The van der Waals surface area contributed by atoms with Gasteiger partial charge in [0.2, 0.25) is 0 Å². The molecule has 0 amide bonds. The molecule has 0 aromatic carbocycles. The van der Waals surface area contributed by atoms with E-state index in [0.717, 1.165) is 25.5 Å². The summed E-state index contributed by atoms with van der Waals surface area (Å²) in [5, 5.41) is 11.9. The number of rotatable bonds is 7. The van der Waals surface area contributed by atoms with Gasteiger partial charge in [0.1, 0.15) is 5.82 Å². The number of pyridine rings is 1. The Labute approximate surface area is 110 Å². The van der Waals surface area contributed by atoms with Crippen LogP contribution < -0.4 is 5.32 Å². The lowest BCUT2D eigenvalue weighted by molar-refractivity contribution is 0.218. The first kappa shape index (κ1) is 14.5. The lowest BCUT2D eigenvalue weighted by Gasteiger charge is -2.25. The predicted octanol–water partition coefficient (Wildman–Crippen LogP) is 2.64. The average Bonchev–Trinajstić information content (AvgIpc) is 2.35. The van der Waals surface area contributed by atoms with Crippen LogP contribution in [0.5, 0.6) is 0 Å². The Bertz CT molecular complexity index is 395. The molecule has 0 aliphatic carbocycles. The van der Waals surface area contributed by atoms with Gasteiger partial charge in [-0.1, -0.05) is 0 Å². The van der Waals surface area contributed by atoms with Crippen LogP contribution in [0.2, 0.25) is 0 Å². The van der Waals surface area contributed by atoms with E-state index in [1.807, 2.05) is 12.3 Å². The fraction of sp³-hybridized carbons (Fsp3) is 0.571. The first-order valence-corrected chi connectivity index (χ1v) is 6.47. The molecule has 1 rings (SSSR count). The van der Waals surface area contributed by atoms with Crippen molar-refractivity contribution in [1.82, 2.24) is 9.88 Å². The van der Waals surface area contributed by atoms with Crippen molar-refractivity contribution in [2.75, 3.05) is 18.4 Å². The van der Waals surface area contributed by atoms with Gasteiger partial charge in [-0.25, -0.2) is 4.98 Å². The minimum absolute atomic E-state index is 0.439. The highest BCUT2D eigenvalue weighted by Gasteiger charge is 2.10. The van der Waals surface area contributed by atoms with Crippen molar-refractivity contribution in [2.24, 2.45) is 0 Å². The highest BCUT2D eigenvalue weighted by atomic mass is 15.1. The van der Waals surface area contributed by atoms with Gasteiger partial charge in [-0.2, -0.15) is 5.26 Å². The molecule has 0 bridgehead atoms. The Hall–Kier alpha value is -1.60. The Balaban J connectivity index is 2.68. The molecule has 1 N–H and O–H groups in total. The summed E-state index contributed by atoms with van der Waals surface area (Å²) in [7, 11) is 0. The molecule has 0 saturated heterocycles. The Morgan fingerprint density at radius 1 is 1.50 bits per heavy atom. The van der Waals surface area contributed by atoms with E-state index in [1.165, 1.54) is 5.56 Å². The maximum atomic E-state index is 8.68. The SMILES string of the molecule is CCNc1cc(CN(CCC#N)C(C)C)ccn1. The van der Waals surface area contributed by atoms with Gasteiger partial charge in [0, 0.05) is 38.3 Å². The second kappa shape index (κ2) is 7.67. The number of nitrogens with one attached hydrogen (secondary N) is 1. The Morgan fingerprint density at radius 2 is 2.28 bits per heavy atom. The van der Waals surface area contributed by atoms with Crippen molar-refractivity contribution < 1.29 is 0 Å². The molecule has 0 aliphatic rings. The van der Waals surface area contributed by atoms with E-state index in [2.05, 4.69) is 48.1 Å². The number of nitriles is 1. The summed E-state index contributed by atoms with van der Waals surface area (Å²) in [6.07, 6.45) is 2.40. The number of aromatic nitrogens is 1. The molecule has 0 aliphatic heterocycles. The van der Waals surface area contributed by atoms with Crippen LogP contribution in [-0.2, 0) is 6.54 Å². The van der Waals surface area contributed by atoms with Crippen molar-refractivity contribution >= 4 is 5.82 Å². The molecule has 0 spiro atoms. The Kier molecular flexibility index (Phi) is 6.16. The van der Waals surface area contributed by atoms with Crippen molar-refractivity contribution in [2.45, 2.75) is 39.8 Å². The van der Waals surface area contributed by atoms with Gasteiger partial charge < -0.3 is 5.32 Å². The zero-order chi connectivity index (χ0) is 13.4. The summed E-state index contributed by atoms with van der Waals surface area (Å²) in [4.78, 5) is 6.56. The normalized spacial score (nSPS) is 10.7. The summed E-state index contributed by atoms with van der Waals surface area (Å²) < 4.78 is 0. The van der Waals surface area contributed by atoms with Crippen LogP contribution in [-0.4, -0.2) is 29.0 Å². The molecule has 0 saturated carbocycles. The minimum atomic E-state index is 0.439. The number of anilines is 1. The molecule has 1 heterocycles. The maximum absolute atomic E-state index is 8.68. The van der Waals surface area contributed by atoms with E-state index in [1.54, 1.807) is 0 Å². The molecule has 0 atom stereocenters. The van der Waals surface area contributed by atoms with Gasteiger partial charge in [-0.15, -0.1) is 0 Å². The highest BCUT2D eigenvalue weighted by Crippen LogP contribution is 2.12. The van der Waals surface area contributed by atoms with E-state index < -0.39 is 0 Å². The van der Waals surface area contributed by atoms with Crippen molar-refractivity contribution in [1.29, 1.82) is 5.26 Å². The van der Waals surface area contributed by atoms with Gasteiger partial charge in [-0.3, -0.25) is 4.90 Å². The van der Waals surface area contributed by atoms with Crippen molar-refractivity contribution in [3.8, 4) is 6.07 Å². The summed E-state index contributed by atoms with van der Waals surface area (Å²) >= 11 is 0. The fourth-order valence-electron chi connectivity index (χ4n) is 1.80. The molecule has 0 unspecified atom stereocenters. The quantitative estimate of drug-likeness (QED) is 0.803. The van der Waals surface area contributed by atoms with Crippen LogP contribution in [0.15, 0.2) is 18.3 Å². The maximum Gasteiger partial charge on any atom is 0.126 e. The molecule has 1 aromatic rings. The lowest BCUT2D eigenvalue weighted by atomic mass is 10.2. The summed E-state index contributed by atoms with van der Waals surface area (Å²) in [6.45, 7) is 8.92. The van der Waals surface area contributed by atoms with E-state index >= 15 is 0 Å². The van der Waals surface area contributed by atoms with Gasteiger partial charge in [0.15, 0.2) is 0 Å². The van der Waals surface area contributed by atoms with Crippen LogP contribution >= 0.6 is 0 Å². The van der Waals surface area contributed by atoms with Crippen LogP contribution in [0.25, 0.3) is 0 Å². The number of hydrogen-bond acceptors (Lipinski definition) is 4. The third kappa shape index (κ3) is 4.72. The minimum Gasteiger partial charge on any atom is -0.370 e. The first-order chi connectivity index (χ1) is 8.67. The summed E-state index contributed by atoms with van der Waals surface area (Å²) in [5.74, 6) is 0.916. The fourth-order valence-corrected chi connectivity index (χ4v) is 1.80. The third-order valence-corrected chi connectivity index (χ3v) is 2.81. The molecular weight excluding hydrogens is 224 g/mol. The van der Waals surface area contributed by atoms with E-state index in [4.69, 9.17) is 5.26 Å². The van der Waals surface area contributed by atoms with Crippen LogP contribution in [0, 0.1) is 11.3 Å². The molecule has 18 heavy (non-hydrogen) atoms. The molecular formula is C14H22N4. The second-order valence-electron chi connectivity index (χ2n) is 4.55. The number of nitrogens with zero attached hydrogens (tertiary/aromatic N) is 3. The zero-order valence-electron chi connectivity index (χ0n) is 11.5. The van der Waals surface area contributed by atoms with E-state index in [0.29, 0.717) is 12.5 Å². The van der Waals surface area contributed by atoms with Gasteiger partial charge in [-0.05, 0) is 38.5 Å². The first-order valence-electron chi connectivity index (χ1n) is 6.47. The second-order valence-corrected chi connectivity index (χ2v) is 4.55. The van der Waals surface area contributed by atoms with Crippen molar-refractivity contribution in [3.63, 3.8) is 0 Å². The Morgan fingerprint density at radius 3 is 2.89 bits per heavy atom. The van der Waals surface area contributed by atoms with E-state index in [9.17, 15) is 0 Å². The van der Waals surface area contributed by atoms with Crippen LogP contribution in [0.1, 0.15) is 32.8 Å². The topological polar surface area (TPSA) is 52.0 Å². The number of hydrogen-bond donors (Lipinski definition) is 1. The van der Waals surface area contributed by atoms with Gasteiger partial charge in [0.25, 0.3) is 0 Å². The molecule has 4 nitrogen and oxygen atoms in total. The molecule has 98 valence electrons. The molecule has 0 radical (unpaired) electrons. The van der Waals surface area contributed by atoms with Gasteiger partial charge >= 0.3 is 0 Å². The van der Waals surface area contributed by atoms with E-state index in [-0.39, 0.29) is 0 Å². The average molecular weight is 246 g/mol. The molecule has 4 heteroatoms.